The number of carbonyl (C=O) groups is 1. The highest BCUT2D eigenvalue weighted by atomic mass is 32.1. The summed E-state index contributed by atoms with van der Waals surface area (Å²) in [5.41, 5.74) is 4.37. The van der Waals surface area contributed by atoms with Gasteiger partial charge in [0.1, 0.15) is 10.0 Å². The third-order valence-corrected chi connectivity index (χ3v) is 8.61. The van der Waals surface area contributed by atoms with E-state index in [1.165, 1.54) is 20.7 Å². The lowest BCUT2D eigenvalue weighted by Gasteiger charge is -2.42. The van der Waals surface area contributed by atoms with Gasteiger partial charge in [-0.2, -0.15) is 0 Å². The largest absolute Gasteiger partial charge is 0.317 e. The number of nitrogens with zero attached hydrogens (tertiary/aromatic N) is 1. The number of hydrogen-bond donors (Lipinski definition) is 2. The van der Waals surface area contributed by atoms with Crippen LogP contribution in [0.1, 0.15) is 50.1 Å². The highest BCUT2D eigenvalue weighted by Gasteiger charge is 2.41. The zero-order valence-corrected chi connectivity index (χ0v) is 21.1. The van der Waals surface area contributed by atoms with Crippen LogP contribution in [-0.4, -0.2) is 16.4 Å². The second-order valence-corrected chi connectivity index (χ2v) is 12.0. The molecule has 3 heterocycles. The second-order valence-electron chi connectivity index (χ2n) is 9.95. The Labute approximate surface area is 203 Å². The average molecular weight is 476 g/mol. The van der Waals surface area contributed by atoms with E-state index in [4.69, 9.17) is 4.98 Å². The van der Waals surface area contributed by atoms with Crippen LogP contribution in [0, 0.1) is 0 Å². The minimum atomic E-state index is -0.180. The van der Waals surface area contributed by atoms with Gasteiger partial charge in [-0.25, -0.2) is 4.98 Å². The lowest BCUT2D eigenvalue weighted by atomic mass is 9.81. The molecule has 0 spiro atoms. The summed E-state index contributed by atoms with van der Waals surface area (Å²) >= 11 is 3.40. The van der Waals surface area contributed by atoms with E-state index in [1.54, 1.807) is 22.7 Å². The van der Waals surface area contributed by atoms with Gasteiger partial charge in [-0.05, 0) is 63.8 Å². The van der Waals surface area contributed by atoms with Gasteiger partial charge in [-0.3, -0.25) is 4.79 Å². The van der Waals surface area contributed by atoms with E-state index in [9.17, 15) is 4.79 Å². The predicted molar refractivity (Wildman–Crippen MR) is 140 cm³/mol. The van der Waals surface area contributed by atoms with Crippen molar-refractivity contribution in [2.75, 3.05) is 5.32 Å². The molecule has 0 atom stereocenters. The van der Waals surface area contributed by atoms with Crippen LogP contribution in [0.5, 0.6) is 0 Å². The number of aromatic nitrogens is 1. The molecule has 6 heteroatoms. The molecule has 4 nitrogen and oxygen atoms in total. The van der Waals surface area contributed by atoms with Crippen LogP contribution in [0.15, 0.2) is 54.6 Å². The molecule has 0 unspecified atom stereocenters. The molecule has 0 radical (unpaired) electrons. The number of aryl methyl sites for hydroxylation is 1. The number of hydrogen-bond acceptors (Lipinski definition) is 5. The van der Waals surface area contributed by atoms with Gasteiger partial charge >= 0.3 is 0 Å². The fraction of sp³-hybridized carbons (Fsp3) is 0.333. The Morgan fingerprint density at radius 3 is 2.52 bits per heavy atom. The van der Waals surface area contributed by atoms with Crippen LogP contribution >= 0.6 is 22.7 Å². The molecule has 4 aromatic rings. The van der Waals surface area contributed by atoms with Crippen LogP contribution in [0.4, 0.5) is 5.00 Å². The van der Waals surface area contributed by atoms with Crippen molar-refractivity contribution in [3.05, 3.63) is 70.6 Å². The van der Waals surface area contributed by atoms with E-state index in [-0.39, 0.29) is 17.0 Å². The standard InChI is InChI=1S/C27H29N3OS2/c1-26(2)16-18-22(24-28-19-12-8-9-13-20(19)32-24)25(33-23(18)27(3,4)30-26)29-21(31)15-14-17-10-6-5-7-11-17/h5-13,30H,14-16H2,1-4H3,(H,29,31). The van der Waals surface area contributed by atoms with E-state index in [0.717, 1.165) is 33.9 Å². The molecule has 0 bridgehead atoms. The Bertz CT molecular complexity index is 1280. The molecule has 0 saturated carbocycles. The molecule has 0 fully saturated rings. The zero-order chi connectivity index (χ0) is 23.2. The van der Waals surface area contributed by atoms with Gasteiger partial charge in [0.2, 0.25) is 5.91 Å². The summed E-state index contributed by atoms with van der Waals surface area (Å²) in [6.45, 7) is 8.95. The third-order valence-electron chi connectivity index (χ3n) is 6.09. The van der Waals surface area contributed by atoms with Gasteiger partial charge in [0.25, 0.3) is 0 Å². The van der Waals surface area contributed by atoms with Crippen molar-refractivity contribution in [3.63, 3.8) is 0 Å². The lowest BCUT2D eigenvalue weighted by molar-refractivity contribution is -0.116. The van der Waals surface area contributed by atoms with Crippen molar-refractivity contribution in [2.24, 2.45) is 0 Å². The van der Waals surface area contributed by atoms with Crippen LogP contribution < -0.4 is 10.6 Å². The molecule has 2 aromatic heterocycles. The number of nitrogens with one attached hydrogen (secondary N) is 2. The van der Waals surface area contributed by atoms with E-state index < -0.39 is 0 Å². The molecule has 5 rings (SSSR count). The summed E-state index contributed by atoms with van der Waals surface area (Å²) < 4.78 is 1.17. The first-order valence-electron chi connectivity index (χ1n) is 11.4. The molecule has 2 aromatic carbocycles. The van der Waals surface area contributed by atoms with Gasteiger partial charge in [0.15, 0.2) is 0 Å². The fourth-order valence-corrected chi connectivity index (χ4v) is 7.32. The summed E-state index contributed by atoms with van der Waals surface area (Å²) in [5, 5.41) is 8.96. The van der Waals surface area contributed by atoms with E-state index in [2.05, 4.69) is 68.7 Å². The monoisotopic (exact) mass is 475 g/mol. The van der Waals surface area contributed by atoms with Crippen molar-refractivity contribution in [3.8, 4) is 10.6 Å². The minimum absolute atomic E-state index is 0.0441. The molecule has 0 saturated heterocycles. The smallest absolute Gasteiger partial charge is 0.225 e. The first-order valence-corrected chi connectivity index (χ1v) is 13.0. The second kappa shape index (κ2) is 8.35. The first-order chi connectivity index (χ1) is 15.7. The van der Waals surface area contributed by atoms with Crippen molar-refractivity contribution in [1.82, 2.24) is 10.3 Å². The lowest BCUT2D eigenvalue weighted by Crippen LogP contribution is -2.54. The molecular weight excluding hydrogens is 446 g/mol. The van der Waals surface area contributed by atoms with Crippen LogP contribution in [0.25, 0.3) is 20.8 Å². The van der Waals surface area contributed by atoms with Crippen molar-refractivity contribution >= 4 is 43.8 Å². The van der Waals surface area contributed by atoms with E-state index in [1.807, 2.05) is 24.3 Å². The SMILES string of the molecule is CC1(C)Cc2c(sc(NC(=O)CCc3ccccc3)c2-c2nc3ccccc3s2)C(C)(C)N1. The van der Waals surface area contributed by atoms with Gasteiger partial charge in [-0.15, -0.1) is 22.7 Å². The number of amides is 1. The molecule has 2 N–H and O–H groups in total. The Balaban J connectivity index is 1.54. The molecule has 1 aliphatic heterocycles. The predicted octanol–water partition coefficient (Wildman–Crippen LogP) is 6.76. The molecule has 0 aliphatic carbocycles. The Morgan fingerprint density at radius 1 is 1.03 bits per heavy atom. The van der Waals surface area contributed by atoms with Crippen LogP contribution in [0.3, 0.4) is 0 Å². The quantitative estimate of drug-likeness (QED) is 0.335. The topological polar surface area (TPSA) is 54.0 Å². The maximum Gasteiger partial charge on any atom is 0.225 e. The summed E-state index contributed by atoms with van der Waals surface area (Å²) in [6.07, 6.45) is 2.08. The van der Waals surface area contributed by atoms with Crippen molar-refractivity contribution in [1.29, 1.82) is 0 Å². The Kier molecular flexibility index (Phi) is 5.63. The van der Waals surface area contributed by atoms with Gasteiger partial charge in [0, 0.05) is 27.9 Å². The van der Waals surface area contributed by atoms with Gasteiger partial charge < -0.3 is 10.6 Å². The Hall–Kier alpha value is -2.54. The minimum Gasteiger partial charge on any atom is -0.317 e. The highest BCUT2D eigenvalue weighted by Crippen LogP contribution is 2.50. The van der Waals surface area contributed by atoms with Gasteiger partial charge in [0.05, 0.1) is 10.2 Å². The molecule has 1 amide bonds. The number of thiazole rings is 1. The van der Waals surface area contributed by atoms with Crippen molar-refractivity contribution < 1.29 is 4.79 Å². The maximum atomic E-state index is 13.0. The summed E-state index contributed by atoms with van der Waals surface area (Å²) in [5.74, 6) is 0.0461. The van der Waals surface area contributed by atoms with E-state index in [0.29, 0.717) is 6.42 Å². The molecule has 170 valence electrons. The van der Waals surface area contributed by atoms with Crippen LogP contribution in [-0.2, 0) is 23.2 Å². The maximum absolute atomic E-state index is 13.0. The third kappa shape index (κ3) is 4.47. The average Bonchev–Trinajstić information content (AvgIpc) is 3.33. The molecule has 1 aliphatic rings. The number of benzene rings is 2. The summed E-state index contributed by atoms with van der Waals surface area (Å²) in [6, 6.07) is 18.4. The number of anilines is 1. The fourth-order valence-electron chi connectivity index (χ4n) is 4.91. The normalized spacial score (nSPS) is 16.5. The number of carbonyl (C=O) groups excluding carboxylic acids is 1. The highest BCUT2D eigenvalue weighted by molar-refractivity contribution is 7.23. The number of rotatable bonds is 5. The first kappa shape index (κ1) is 22.3. The number of fused-ring (bicyclic) bond motifs is 2. The number of thiophene rings is 1. The van der Waals surface area contributed by atoms with Crippen LogP contribution in [0.2, 0.25) is 0 Å². The van der Waals surface area contributed by atoms with Crippen molar-refractivity contribution in [2.45, 2.75) is 58.0 Å². The Morgan fingerprint density at radius 2 is 1.76 bits per heavy atom. The van der Waals surface area contributed by atoms with E-state index >= 15 is 0 Å². The molecular formula is C27H29N3OS2. The summed E-state index contributed by atoms with van der Waals surface area (Å²) in [4.78, 5) is 19.3. The zero-order valence-electron chi connectivity index (χ0n) is 19.5. The summed E-state index contributed by atoms with van der Waals surface area (Å²) in [7, 11) is 0. The number of para-hydroxylation sites is 1. The van der Waals surface area contributed by atoms with Gasteiger partial charge in [-0.1, -0.05) is 42.5 Å². The molecule has 33 heavy (non-hydrogen) atoms.